The summed E-state index contributed by atoms with van der Waals surface area (Å²) in [6.45, 7) is 7.92. The smallest absolute Gasteiger partial charge is 0.141 e. The van der Waals surface area contributed by atoms with Gasteiger partial charge in [0.2, 0.25) is 0 Å². The third-order valence-corrected chi connectivity index (χ3v) is 8.94. The van der Waals surface area contributed by atoms with Gasteiger partial charge in [-0.2, -0.15) is 0 Å². The highest BCUT2D eigenvalue weighted by Gasteiger charge is 2.34. The number of nitrogens with zero attached hydrogens (tertiary/aromatic N) is 1. The number of hydrogen-bond donors (Lipinski definition) is 0. The van der Waals surface area contributed by atoms with Crippen molar-refractivity contribution in [1.82, 2.24) is 4.90 Å². The Hall–Kier alpha value is -3.08. The Morgan fingerprint density at radius 1 is 0.872 bits per heavy atom. The number of halogens is 1. The Labute approximate surface area is 235 Å². The standard InChI is InChI=1S/C34H36ClNO3/c1-3-38-32-17-22(18-33(34(32)35)39-4-2)21-36-15-13-24(14-16-36)30-19-25(37)20-31-28-10-9-23-7-5-6-8-26(23)27(28)11-12-29(30)31/h5-12,17-18,24,30H,3-4,13-16,19-21H2,1-2H3. The first-order valence-electron chi connectivity index (χ1n) is 14.3. The molecule has 1 fully saturated rings. The maximum atomic E-state index is 13.0. The fourth-order valence-corrected chi connectivity index (χ4v) is 6.99. The summed E-state index contributed by atoms with van der Waals surface area (Å²) in [7, 11) is 0. The van der Waals surface area contributed by atoms with Crippen molar-refractivity contribution in [2.45, 2.75) is 52.0 Å². The van der Waals surface area contributed by atoms with Crippen LogP contribution in [0.15, 0.2) is 60.7 Å². The lowest BCUT2D eigenvalue weighted by Crippen LogP contribution is -2.36. The van der Waals surface area contributed by atoms with Gasteiger partial charge in [0.05, 0.1) is 13.2 Å². The summed E-state index contributed by atoms with van der Waals surface area (Å²) in [6, 6.07) is 21.7. The van der Waals surface area contributed by atoms with Gasteiger partial charge < -0.3 is 9.47 Å². The SMILES string of the molecule is CCOc1cc(CN2CCC(C3CC(=O)Cc4c3ccc3c4ccc4ccccc43)CC2)cc(OCC)c1Cl. The normalized spacial score (nSPS) is 18.4. The van der Waals surface area contributed by atoms with E-state index in [9.17, 15) is 4.79 Å². The monoisotopic (exact) mass is 541 g/mol. The van der Waals surface area contributed by atoms with Crippen molar-refractivity contribution < 1.29 is 14.3 Å². The van der Waals surface area contributed by atoms with E-state index < -0.39 is 0 Å². The lowest BCUT2D eigenvalue weighted by atomic mass is 9.71. The van der Waals surface area contributed by atoms with E-state index in [0.717, 1.165) is 38.0 Å². The largest absolute Gasteiger partial charge is 0.492 e. The lowest BCUT2D eigenvalue weighted by Gasteiger charge is -2.38. The number of hydrogen-bond acceptors (Lipinski definition) is 4. The van der Waals surface area contributed by atoms with E-state index in [1.54, 1.807) is 0 Å². The lowest BCUT2D eigenvalue weighted by molar-refractivity contribution is -0.119. The maximum absolute atomic E-state index is 13.0. The van der Waals surface area contributed by atoms with Gasteiger partial charge in [0.15, 0.2) is 0 Å². The number of carbonyl (C=O) groups is 1. The zero-order valence-electron chi connectivity index (χ0n) is 22.8. The topological polar surface area (TPSA) is 38.8 Å². The Kier molecular flexibility index (Phi) is 7.51. The van der Waals surface area contributed by atoms with Crippen LogP contribution in [0.3, 0.4) is 0 Å². The van der Waals surface area contributed by atoms with Crippen LogP contribution in [0.25, 0.3) is 21.5 Å². The molecule has 4 aromatic carbocycles. The van der Waals surface area contributed by atoms with E-state index in [2.05, 4.69) is 53.4 Å². The Balaban J connectivity index is 1.21. The van der Waals surface area contributed by atoms with Gasteiger partial charge in [-0.3, -0.25) is 9.69 Å². The van der Waals surface area contributed by atoms with Gasteiger partial charge in [-0.25, -0.2) is 0 Å². The zero-order chi connectivity index (χ0) is 26.9. The summed E-state index contributed by atoms with van der Waals surface area (Å²) in [6.07, 6.45) is 3.42. The molecule has 4 nitrogen and oxygen atoms in total. The van der Waals surface area contributed by atoms with E-state index >= 15 is 0 Å². The molecule has 1 heterocycles. The van der Waals surface area contributed by atoms with E-state index in [0.29, 0.717) is 60.2 Å². The molecule has 0 N–H and O–H groups in total. The van der Waals surface area contributed by atoms with Crippen molar-refractivity contribution in [3.63, 3.8) is 0 Å². The number of carbonyl (C=O) groups excluding carboxylic acids is 1. The minimum atomic E-state index is 0.309. The molecular weight excluding hydrogens is 506 g/mol. The summed E-state index contributed by atoms with van der Waals surface area (Å²) >= 11 is 6.51. The molecule has 6 rings (SSSR count). The van der Waals surface area contributed by atoms with Crippen LogP contribution in [0, 0.1) is 5.92 Å². The third-order valence-electron chi connectivity index (χ3n) is 8.57. The molecule has 1 atom stereocenters. The van der Waals surface area contributed by atoms with Crippen molar-refractivity contribution >= 4 is 38.9 Å². The second-order valence-electron chi connectivity index (χ2n) is 10.9. The van der Waals surface area contributed by atoms with Gasteiger partial charge in [0.25, 0.3) is 0 Å². The number of benzene rings is 4. The molecule has 0 bridgehead atoms. The fraction of sp³-hybridized carbons (Fsp3) is 0.382. The van der Waals surface area contributed by atoms with E-state index in [1.807, 2.05) is 26.0 Å². The average Bonchev–Trinajstić information content (AvgIpc) is 2.95. The number of fused-ring (bicyclic) bond motifs is 5. The molecule has 39 heavy (non-hydrogen) atoms. The number of ether oxygens (including phenoxy) is 2. The molecule has 0 radical (unpaired) electrons. The van der Waals surface area contributed by atoms with Crippen LogP contribution < -0.4 is 9.47 Å². The highest BCUT2D eigenvalue weighted by Crippen LogP contribution is 2.44. The van der Waals surface area contributed by atoms with Crippen molar-refractivity contribution in [1.29, 1.82) is 0 Å². The molecule has 0 saturated carbocycles. The maximum Gasteiger partial charge on any atom is 0.141 e. The van der Waals surface area contributed by atoms with E-state index in [1.165, 1.54) is 32.7 Å². The molecule has 5 heteroatoms. The average molecular weight is 542 g/mol. The third kappa shape index (κ3) is 5.13. The molecule has 202 valence electrons. The van der Waals surface area contributed by atoms with Gasteiger partial charge in [0.1, 0.15) is 22.3 Å². The molecular formula is C34H36ClNO3. The van der Waals surface area contributed by atoms with Gasteiger partial charge in [-0.1, -0.05) is 60.1 Å². The van der Waals surface area contributed by atoms with Crippen LogP contribution >= 0.6 is 11.6 Å². The van der Waals surface area contributed by atoms with Gasteiger partial charge in [-0.05, 0) is 102 Å². The summed E-state index contributed by atoms with van der Waals surface area (Å²) in [5.41, 5.74) is 3.81. The first-order valence-corrected chi connectivity index (χ1v) is 14.7. The van der Waals surface area contributed by atoms with Crippen LogP contribution in [-0.2, 0) is 17.8 Å². The summed E-state index contributed by atoms with van der Waals surface area (Å²) in [4.78, 5) is 15.5. The van der Waals surface area contributed by atoms with Gasteiger partial charge >= 0.3 is 0 Å². The molecule has 4 aromatic rings. The summed E-state index contributed by atoms with van der Waals surface area (Å²) in [5.74, 6) is 2.58. The molecule has 1 aliphatic heterocycles. The van der Waals surface area contributed by atoms with Gasteiger partial charge in [0, 0.05) is 19.4 Å². The van der Waals surface area contributed by atoms with Crippen LogP contribution in [0.4, 0.5) is 0 Å². The van der Waals surface area contributed by atoms with Crippen molar-refractivity contribution in [3.8, 4) is 11.5 Å². The van der Waals surface area contributed by atoms with Crippen molar-refractivity contribution in [3.05, 3.63) is 82.4 Å². The number of likely N-dealkylation sites (tertiary alicyclic amines) is 1. The second kappa shape index (κ2) is 11.2. The number of Topliss-reactive ketones (excluding diaryl/α,β-unsaturated/α-hetero) is 1. The molecule has 1 saturated heterocycles. The Morgan fingerprint density at radius 3 is 2.28 bits per heavy atom. The number of rotatable bonds is 7. The summed E-state index contributed by atoms with van der Waals surface area (Å²) in [5, 5.41) is 5.57. The van der Waals surface area contributed by atoms with E-state index in [4.69, 9.17) is 21.1 Å². The van der Waals surface area contributed by atoms with Crippen molar-refractivity contribution in [2.24, 2.45) is 5.92 Å². The van der Waals surface area contributed by atoms with E-state index in [-0.39, 0.29) is 0 Å². The molecule has 0 spiro atoms. The quantitative estimate of drug-likeness (QED) is 0.222. The fourth-order valence-electron chi connectivity index (χ4n) is 6.77. The molecule has 2 aliphatic rings. The second-order valence-corrected chi connectivity index (χ2v) is 11.3. The molecule has 1 unspecified atom stereocenters. The van der Waals surface area contributed by atoms with Crippen molar-refractivity contribution in [2.75, 3.05) is 26.3 Å². The Morgan fingerprint density at radius 2 is 1.56 bits per heavy atom. The number of ketones is 1. The predicted octanol–water partition coefficient (Wildman–Crippen LogP) is 7.95. The highest BCUT2D eigenvalue weighted by atomic mass is 35.5. The first kappa shape index (κ1) is 26.2. The predicted molar refractivity (Wildman–Crippen MR) is 159 cm³/mol. The molecule has 0 amide bonds. The van der Waals surface area contributed by atoms with Crippen LogP contribution in [-0.4, -0.2) is 37.0 Å². The zero-order valence-corrected chi connectivity index (χ0v) is 23.6. The summed E-state index contributed by atoms with van der Waals surface area (Å²) < 4.78 is 11.6. The van der Waals surface area contributed by atoms with Crippen LogP contribution in [0.2, 0.25) is 5.02 Å². The minimum Gasteiger partial charge on any atom is -0.492 e. The highest BCUT2D eigenvalue weighted by molar-refractivity contribution is 6.33. The first-order chi connectivity index (χ1) is 19.1. The molecule has 1 aliphatic carbocycles. The minimum absolute atomic E-state index is 0.309. The Bertz CT molecular complexity index is 1500. The number of piperidine rings is 1. The van der Waals surface area contributed by atoms with Crippen LogP contribution in [0.1, 0.15) is 55.7 Å². The molecule has 0 aromatic heterocycles. The van der Waals surface area contributed by atoms with Gasteiger partial charge in [-0.15, -0.1) is 0 Å². The van der Waals surface area contributed by atoms with Crippen LogP contribution in [0.5, 0.6) is 11.5 Å².